The van der Waals surface area contributed by atoms with Gasteiger partial charge in [-0.25, -0.2) is 14.8 Å². The lowest BCUT2D eigenvalue weighted by Crippen LogP contribution is -2.52. The molecule has 1 fully saturated rings. The molecule has 0 radical (unpaired) electrons. The summed E-state index contributed by atoms with van der Waals surface area (Å²) in [5, 5.41) is 2.90. The summed E-state index contributed by atoms with van der Waals surface area (Å²) in [6, 6.07) is 11.3. The van der Waals surface area contributed by atoms with Gasteiger partial charge in [0.15, 0.2) is 0 Å². The van der Waals surface area contributed by atoms with Gasteiger partial charge in [0.1, 0.15) is 11.9 Å². The average Bonchev–Trinajstić information content (AvgIpc) is 2.74. The lowest BCUT2D eigenvalue weighted by molar-refractivity contribution is -0.126. The van der Waals surface area contributed by atoms with Crippen molar-refractivity contribution >= 4 is 12.0 Å². The van der Waals surface area contributed by atoms with Gasteiger partial charge in [0.2, 0.25) is 5.91 Å². The molecule has 0 saturated carbocycles. The molecule has 1 atom stereocenters. The molecule has 0 bridgehead atoms. The van der Waals surface area contributed by atoms with E-state index in [0.29, 0.717) is 31.8 Å². The van der Waals surface area contributed by atoms with Crippen LogP contribution in [-0.2, 0) is 16.0 Å². The van der Waals surface area contributed by atoms with Crippen LogP contribution in [0.1, 0.15) is 25.1 Å². The topological polar surface area (TPSA) is 84.4 Å². The molecule has 0 unspecified atom stereocenters. The third-order valence-corrected chi connectivity index (χ3v) is 4.64. The standard InChI is InChI=1S/C20H24N4O3/c1-27-20(26)24-14-6-5-9-17(24)19(25)22-13-11-18-21-12-10-16(23-18)15-7-3-2-4-8-15/h2-4,7-8,10,12,17H,5-6,9,11,13-14H2,1H3,(H,22,25)/t17-/m0/s1. The summed E-state index contributed by atoms with van der Waals surface area (Å²) in [6.07, 6.45) is 4.27. The highest BCUT2D eigenvalue weighted by Crippen LogP contribution is 2.18. The molecule has 0 aliphatic carbocycles. The van der Waals surface area contributed by atoms with Crippen LogP contribution in [0.25, 0.3) is 11.3 Å². The van der Waals surface area contributed by atoms with Crippen molar-refractivity contribution in [1.82, 2.24) is 20.2 Å². The maximum atomic E-state index is 12.5. The Morgan fingerprint density at radius 1 is 1.22 bits per heavy atom. The molecule has 1 aliphatic heterocycles. The second-order valence-electron chi connectivity index (χ2n) is 6.44. The molecule has 1 saturated heterocycles. The van der Waals surface area contributed by atoms with Crippen LogP contribution < -0.4 is 5.32 Å². The van der Waals surface area contributed by atoms with Crippen LogP contribution in [0.15, 0.2) is 42.6 Å². The SMILES string of the molecule is COC(=O)N1CCCC[C@H]1C(=O)NCCc1nccc(-c2ccccc2)n1. The molecule has 2 aromatic rings. The maximum absolute atomic E-state index is 12.5. The molecule has 7 nitrogen and oxygen atoms in total. The predicted molar refractivity (Wildman–Crippen MR) is 101 cm³/mol. The Balaban J connectivity index is 1.56. The van der Waals surface area contributed by atoms with E-state index in [0.717, 1.165) is 24.1 Å². The largest absolute Gasteiger partial charge is 0.453 e. The van der Waals surface area contributed by atoms with Crippen molar-refractivity contribution in [1.29, 1.82) is 0 Å². The van der Waals surface area contributed by atoms with E-state index in [2.05, 4.69) is 15.3 Å². The van der Waals surface area contributed by atoms with Gasteiger partial charge in [0.05, 0.1) is 12.8 Å². The van der Waals surface area contributed by atoms with Crippen molar-refractivity contribution in [2.75, 3.05) is 20.2 Å². The molecule has 1 N–H and O–H groups in total. The Hall–Kier alpha value is -2.96. The van der Waals surface area contributed by atoms with Crippen molar-refractivity contribution in [2.45, 2.75) is 31.7 Å². The molecule has 1 aliphatic rings. The monoisotopic (exact) mass is 368 g/mol. The zero-order valence-corrected chi connectivity index (χ0v) is 15.4. The first kappa shape index (κ1) is 18.8. The predicted octanol–water partition coefficient (Wildman–Crippen LogP) is 2.42. The number of nitrogens with zero attached hydrogens (tertiary/aromatic N) is 3. The number of rotatable bonds is 5. The van der Waals surface area contributed by atoms with E-state index >= 15 is 0 Å². The van der Waals surface area contributed by atoms with Gasteiger partial charge in [0.25, 0.3) is 0 Å². The van der Waals surface area contributed by atoms with Crippen molar-refractivity contribution in [3.63, 3.8) is 0 Å². The van der Waals surface area contributed by atoms with Crippen molar-refractivity contribution in [3.05, 3.63) is 48.4 Å². The summed E-state index contributed by atoms with van der Waals surface area (Å²) in [5.74, 6) is 0.518. The second kappa shape index (κ2) is 9.12. The first-order chi connectivity index (χ1) is 13.2. The van der Waals surface area contributed by atoms with Crippen molar-refractivity contribution in [3.8, 4) is 11.3 Å². The fourth-order valence-electron chi connectivity index (χ4n) is 3.24. The van der Waals surface area contributed by atoms with Gasteiger partial charge in [-0.1, -0.05) is 30.3 Å². The Labute approximate surface area is 158 Å². The number of carbonyl (C=O) groups excluding carboxylic acids is 2. The van der Waals surface area contributed by atoms with Crippen LogP contribution in [-0.4, -0.2) is 53.1 Å². The van der Waals surface area contributed by atoms with E-state index in [1.807, 2.05) is 36.4 Å². The Morgan fingerprint density at radius 2 is 2.04 bits per heavy atom. The van der Waals surface area contributed by atoms with E-state index < -0.39 is 12.1 Å². The van der Waals surface area contributed by atoms with E-state index in [9.17, 15) is 9.59 Å². The van der Waals surface area contributed by atoms with E-state index in [-0.39, 0.29) is 5.91 Å². The van der Waals surface area contributed by atoms with E-state index in [4.69, 9.17) is 4.74 Å². The van der Waals surface area contributed by atoms with Crippen LogP contribution >= 0.6 is 0 Å². The summed E-state index contributed by atoms with van der Waals surface area (Å²) in [7, 11) is 1.34. The molecule has 0 spiro atoms. The van der Waals surface area contributed by atoms with Gasteiger partial charge in [-0.05, 0) is 25.3 Å². The third-order valence-electron chi connectivity index (χ3n) is 4.64. The number of ether oxygens (including phenoxy) is 1. The Kier molecular flexibility index (Phi) is 6.35. The third kappa shape index (κ3) is 4.81. The highest BCUT2D eigenvalue weighted by atomic mass is 16.5. The highest BCUT2D eigenvalue weighted by Gasteiger charge is 2.32. The molecule has 142 valence electrons. The fraction of sp³-hybridized carbons (Fsp3) is 0.400. The van der Waals surface area contributed by atoms with Crippen LogP contribution in [0.3, 0.4) is 0 Å². The number of amides is 2. The van der Waals surface area contributed by atoms with Gasteiger partial charge in [-0.15, -0.1) is 0 Å². The summed E-state index contributed by atoms with van der Waals surface area (Å²) in [5.41, 5.74) is 1.89. The van der Waals surface area contributed by atoms with Crippen LogP contribution in [0.2, 0.25) is 0 Å². The lowest BCUT2D eigenvalue weighted by Gasteiger charge is -2.33. The number of hydrogen-bond donors (Lipinski definition) is 1. The Bertz CT molecular complexity index is 782. The number of nitrogens with one attached hydrogen (secondary N) is 1. The smallest absolute Gasteiger partial charge is 0.410 e. The summed E-state index contributed by atoms with van der Waals surface area (Å²) < 4.78 is 4.79. The number of aromatic nitrogens is 2. The maximum Gasteiger partial charge on any atom is 0.410 e. The summed E-state index contributed by atoms with van der Waals surface area (Å²) >= 11 is 0. The number of piperidine rings is 1. The molecule has 2 amide bonds. The van der Waals surface area contributed by atoms with Crippen LogP contribution in [0, 0.1) is 0 Å². The molecule has 1 aromatic heterocycles. The van der Waals surface area contributed by atoms with Gasteiger partial charge < -0.3 is 10.1 Å². The molecule has 3 rings (SSSR count). The van der Waals surface area contributed by atoms with Gasteiger partial charge >= 0.3 is 6.09 Å². The van der Waals surface area contributed by atoms with Crippen LogP contribution in [0.5, 0.6) is 0 Å². The quantitative estimate of drug-likeness (QED) is 0.876. The molecule has 27 heavy (non-hydrogen) atoms. The average molecular weight is 368 g/mol. The lowest BCUT2D eigenvalue weighted by atomic mass is 10.0. The van der Waals surface area contributed by atoms with Gasteiger partial charge in [-0.3, -0.25) is 9.69 Å². The van der Waals surface area contributed by atoms with E-state index in [1.54, 1.807) is 6.20 Å². The van der Waals surface area contributed by atoms with E-state index in [1.165, 1.54) is 12.0 Å². The Morgan fingerprint density at radius 3 is 2.81 bits per heavy atom. The van der Waals surface area contributed by atoms with Crippen LogP contribution in [0.4, 0.5) is 4.79 Å². The number of benzene rings is 1. The first-order valence-corrected chi connectivity index (χ1v) is 9.18. The minimum absolute atomic E-state index is 0.153. The highest BCUT2D eigenvalue weighted by molar-refractivity contribution is 5.85. The fourth-order valence-corrected chi connectivity index (χ4v) is 3.24. The minimum atomic E-state index is -0.470. The zero-order valence-electron chi connectivity index (χ0n) is 15.4. The summed E-state index contributed by atoms with van der Waals surface area (Å²) in [6.45, 7) is 0.968. The molecular weight excluding hydrogens is 344 g/mol. The second-order valence-corrected chi connectivity index (χ2v) is 6.44. The van der Waals surface area contributed by atoms with Crippen molar-refractivity contribution < 1.29 is 14.3 Å². The molecule has 1 aromatic carbocycles. The summed E-state index contributed by atoms with van der Waals surface area (Å²) in [4.78, 5) is 34.7. The minimum Gasteiger partial charge on any atom is -0.453 e. The number of methoxy groups -OCH3 is 1. The normalized spacial score (nSPS) is 16.6. The molecule has 7 heteroatoms. The zero-order chi connectivity index (χ0) is 19.1. The number of hydrogen-bond acceptors (Lipinski definition) is 5. The van der Waals surface area contributed by atoms with Crippen molar-refractivity contribution in [2.24, 2.45) is 0 Å². The number of carbonyl (C=O) groups is 2. The first-order valence-electron chi connectivity index (χ1n) is 9.18. The van der Waals surface area contributed by atoms with Gasteiger partial charge in [-0.2, -0.15) is 0 Å². The molecular formula is C20H24N4O3. The van der Waals surface area contributed by atoms with Gasteiger partial charge in [0, 0.05) is 31.3 Å². The molecule has 2 heterocycles. The number of likely N-dealkylation sites (tertiary alicyclic amines) is 1.